The number of methoxy groups -OCH3 is 1. The molecule has 1 aromatic heterocycles. The van der Waals surface area contributed by atoms with Crippen LogP contribution >= 0.6 is 11.3 Å². The molecule has 0 bridgehead atoms. The molecule has 6 nitrogen and oxygen atoms in total. The molecule has 0 aliphatic carbocycles. The van der Waals surface area contributed by atoms with Crippen LogP contribution in [0.3, 0.4) is 0 Å². The van der Waals surface area contributed by atoms with E-state index in [1.54, 1.807) is 18.4 Å². The second-order valence-electron chi connectivity index (χ2n) is 7.02. The summed E-state index contributed by atoms with van der Waals surface area (Å²) >= 11 is 1.63. The average Bonchev–Trinajstić information content (AvgIpc) is 3.13. The first-order chi connectivity index (χ1) is 14.2. The molecule has 2 aromatic carbocycles. The molecule has 0 N–H and O–H groups in total. The number of aryl methyl sites for hydroxylation is 2. The van der Waals surface area contributed by atoms with E-state index in [2.05, 4.69) is 58.2 Å². The van der Waals surface area contributed by atoms with Crippen LogP contribution in [-0.2, 0) is 6.54 Å². The molecule has 1 fully saturated rings. The van der Waals surface area contributed by atoms with Crippen molar-refractivity contribution in [1.29, 1.82) is 0 Å². The highest BCUT2D eigenvalue weighted by atomic mass is 32.1. The maximum atomic E-state index is 5.25. The van der Waals surface area contributed by atoms with Crippen LogP contribution in [0.15, 0.2) is 53.5 Å². The van der Waals surface area contributed by atoms with Crippen LogP contribution in [-0.4, -0.2) is 43.1 Å². The van der Waals surface area contributed by atoms with Gasteiger partial charge in [0.25, 0.3) is 0 Å². The number of rotatable bonds is 5. The summed E-state index contributed by atoms with van der Waals surface area (Å²) in [5.74, 6) is 0.899. The molecule has 1 aliphatic heterocycles. The third kappa shape index (κ3) is 4.45. The van der Waals surface area contributed by atoms with Gasteiger partial charge < -0.3 is 14.5 Å². The zero-order chi connectivity index (χ0) is 20.2. The summed E-state index contributed by atoms with van der Waals surface area (Å²) in [7, 11) is 1.70. The first kappa shape index (κ1) is 19.5. The maximum Gasteiger partial charge on any atom is 0.208 e. The predicted molar refractivity (Wildman–Crippen MR) is 120 cm³/mol. The molecule has 152 valence electrons. The monoisotopic (exact) mass is 409 g/mol. The normalized spacial score (nSPS) is 15.1. The van der Waals surface area contributed by atoms with Crippen LogP contribution in [0, 0.1) is 6.92 Å². The molecule has 0 saturated carbocycles. The fourth-order valence-electron chi connectivity index (χ4n) is 3.57. The van der Waals surface area contributed by atoms with E-state index in [9.17, 15) is 0 Å². The zero-order valence-electron chi connectivity index (χ0n) is 17.2. The van der Waals surface area contributed by atoms with Crippen molar-refractivity contribution in [1.82, 2.24) is 9.78 Å². The number of piperazine rings is 1. The van der Waals surface area contributed by atoms with Crippen LogP contribution in [0.5, 0.6) is 5.75 Å². The van der Waals surface area contributed by atoms with Gasteiger partial charge in [-0.3, -0.25) is 0 Å². The van der Waals surface area contributed by atoms with Crippen LogP contribution in [0.2, 0.25) is 0 Å². The number of anilines is 2. The number of hydrogen-bond acceptors (Lipinski definition) is 6. The molecule has 0 radical (unpaired) electrons. The highest BCUT2D eigenvalue weighted by Crippen LogP contribution is 2.24. The number of hydrogen-bond donors (Lipinski definition) is 0. The molecule has 29 heavy (non-hydrogen) atoms. The molecular weight excluding hydrogens is 382 g/mol. The van der Waals surface area contributed by atoms with Gasteiger partial charge in [0.05, 0.1) is 12.8 Å². The fraction of sp³-hybridized carbons (Fsp3) is 0.364. The van der Waals surface area contributed by atoms with Gasteiger partial charge >= 0.3 is 0 Å². The van der Waals surface area contributed by atoms with Gasteiger partial charge in [0, 0.05) is 44.1 Å². The number of aromatic nitrogens is 2. The smallest absolute Gasteiger partial charge is 0.208 e. The summed E-state index contributed by atoms with van der Waals surface area (Å²) < 4.78 is 7.20. The summed E-state index contributed by atoms with van der Waals surface area (Å²) in [5.41, 5.74) is 3.47. The van der Waals surface area contributed by atoms with E-state index in [0.29, 0.717) is 0 Å². The Morgan fingerprint density at radius 1 is 0.931 bits per heavy atom. The lowest BCUT2D eigenvalue weighted by Crippen LogP contribution is -2.46. The van der Waals surface area contributed by atoms with Crippen molar-refractivity contribution in [3.8, 4) is 5.75 Å². The van der Waals surface area contributed by atoms with E-state index >= 15 is 0 Å². The van der Waals surface area contributed by atoms with E-state index in [4.69, 9.17) is 9.73 Å². The maximum absolute atomic E-state index is 5.25. The van der Waals surface area contributed by atoms with Gasteiger partial charge in [-0.1, -0.05) is 11.3 Å². The van der Waals surface area contributed by atoms with Crippen molar-refractivity contribution in [2.75, 3.05) is 43.1 Å². The Balaban J connectivity index is 1.41. The summed E-state index contributed by atoms with van der Waals surface area (Å²) in [5, 5.41) is 5.52. The highest BCUT2D eigenvalue weighted by molar-refractivity contribution is 7.08. The third-order valence-corrected chi connectivity index (χ3v) is 6.04. The van der Waals surface area contributed by atoms with Crippen molar-refractivity contribution >= 4 is 28.4 Å². The van der Waals surface area contributed by atoms with Gasteiger partial charge in [-0.2, -0.15) is 5.10 Å². The largest absolute Gasteiger partial charge is 0.497 e. The summed E-state index contributed by atoms with van der Waals surface area (Å²) in [6.07, 6.45) is 0. The molecule has 0 unspecified atom stereocenters. The first-order valence-electron chi connectivity index (χ1n) is 9.99. The zero-order valence-corrected chi connectivity index (χ0v) is 18.0. The minimum absolute atomic E-state index is 0.833. The highest BCUT2D eigenvalue weighted by Gasteiger charge is 2.17. The molecule has 1 aliphatic rings. The van der Waals surface area contributed by atoms with Crippen LogP contribution in [0.25, 0.3) is 0 Å². The first-order valence-corrected chi connectivity index (χ1v) is 10.8. The standard InChI is InChI=1S/C22H27N5OS/c1-4-27-22(29-17(2)24-27)23-18-5-7-19(8-6-18)25-13-15-26(16-14-25)20-9-11-21(28-3)12-10-20/h5-12H,4,13-16H2,1-3H3. The molecule has 0 spiro atoms. The van der Waals surface area contributed by atoms with Gasteiger partial charge in [0.15, 0.2) is 0 Å². The lowest BCUT2D eigenvalue weighted by Gasteiger charge is -2.37. The molecule has 0 amide bonds. The molecule has 3 aromatic rings. The minimum atomic E-state index is 0.833. The summed E-state index contributed by atoms with van der Waals surface area (Å²) in [6, 6.07) is 16.9. The summed E-state index contributed by atoms with van der Waals surface area (Å²) in [6.45, 7) is 8.97. The lowest BCUT2D eigenvalue weighted by molar-refractivity contribution is 0.415. The van der Waals surface area contributed by atoms with Crippen molar-refractivity contribution in [3.05, 3.63) is 58.3 Å². The second-order valence-corrected chi connectivity index (χ2v) is 8.18. The second kappa shape index (κ2) is 8.69. The molecule has 0 atom stereocenters. The Labute approximate surface area is 175 Å². The van der Waals surface area contributed by atoms with E-state index in [1.165, 1.54) is 11.4 Å². The minimum Gasteiger partial charge on any atom is -0.497 e. The van der Waals surface area contributed by atoms with Crippen LogP contribution in [0.1, 0.15) is 11.9 Å². The molecule has 2 heterocycles. The number of ether oxygens (including phenoxy) is 1. The number of nitrogens with zero attached hydrogens (tertiary/aromatic N) is 5. The van der Waals surface area contributed by atoms with E-state index < -0.39 is 0 Å². The quantitative estimate of drug-likeness (QED) is 0.642. The fourth-order valence-corrected chi connectivity index (χ4v) is 4.40. The average molecular weight is 410 g/mol. The topological polar surface area (TPSA) is 45.9 Å². The molecule has 7 heteroatoms. The van der Waals surface area contributed by atoms with E-state index in [-0.39, 0.29) is 0 Å². The van der Waals surface area contributed by atoms with E-state index in [0.717, 1.165) is 54.0 Å². The van der Waals surface area contributed by atoms with Crippen LogP contribution < -0.4 is 19.3 Å². The third-order valence-electron chi connectivity index (χ3n) is 5.18. The van der Waals surface area contributed by atoms with Gasteiger partial charge in [-0.15, -0.1) is 0 Å². The molecular formula is C22H27N5OS. The van der Waals surface area contributed by atoms with Gasteiger partial charge in [-0.25, -0.2) is 9.67 Å². The van der Waals surface area contributed by atoms with Crippen molar-refractivity contribution < 1.29 is 4.74 Å². The molecule has 4 rings (SSSR count). The Kier molecular flexibility index (Phi) is 5.85. The number of benzene rings is 2. The summed E-state index contributed by atoms with van der Waals surface area (Å²) in [4.78, 5) is 10.6. The van der Waals surface area contributed by atoms with Gasteiger partial charge in [0.1, 0.15) is 10.8 Å². The van der Waals surface area contributed by atoms with Crippen molar-refractivity contribution in [2.24, 2.45) is 4.99 Å². The Bertz CT molecular complexity index is 999. The predicted octanol–water partition coefficient (Wildman–Crippen LogP) is 3.84. The molecule has 1 saturated heterocycles. The van der Waals surface area contributed by atoms with Gasteiger partial charge in [0.2, 0.25) is 4.80 Å². The van der Waals surface area contributed by atoms with Gasteiger partial charge in [-0.05, 0) is 62.4 Å². The SMILES string of the molecule is CCn1nc(C)sc1=Nc1ccc(N2CCN(c3ccc(OC)cc3)CC2)cc1. The van der Waals surface area contributed by atoms with Crippen LogP contribution in [0.4, 0.5) is 17.1 Å². The Hall–Kier alpha value is -2.80. The lowest BCUT2D eigenvalue weighted by atomic mass is 10.2. The Morgan fingerprint density at radius 2 is 1.48 bits per heavy atom. The van der Waals surface area contributed by atoms with Crippen molar-refractivity contribution in [3.63, 3.8) is 0 Å². The van der Waals surface area contributed by atoms with Crippen molar-refractivity contribution in [2.45, 2.75) is 20.4 Å². The Morgan fingerprint density at radius 3 is 2.00 bits per heavy atom. The van der Waals surface area contributed by atoms with E-state index in [1.807, 2.05) is 23.7 Å².